The number of carbonyl (C=O) groups is 5. The average Bonchev–Trinajstić information content (AvgIpc) is 2.87. The maximum Gasteiger partial charge on any atom is 0.326 e. The number of nitrogens with two attached hydrogens (primary N) is 6. The fraction of sp³-hybridized carbons (Fsp3) is 0.682. The minimum atomic E-state index is -1.28. The number of carbonyl (C=O) groups excluding carboxylic acids is 4. The number of primary amides is 1. The summed E-state index contributed by atoms with van der Waals surface area (Å²) in [4.78, 5) is 69.1. The van der Waals surface area contributed by atoms with Gasteiger partial charge >= 0.3 is 5.97 Å². The van der Waals surface area contributed by atoms with Crippen molar-refractivity contribution in [1.29, 1.82) is 0 Å². The third-order valence-electron chi connectivity index (χ3n) is 5.42. The van der Waals surface area contributed by atoms with Crippen molar-refractivity contribution in [2.75, 3.05) is 25.1 Å². The van der Waals surface area contributed by atoms with Crippen LogP contribution in [0.2, 0.25) is 0 Å². The summed E-state index contributed by atoms with van der Waals surface area (Å²) in [6, 6.07) is -4.57. The zero-order valence-corrected chi connectivity index (χ0v) is 23.5. The molecule has 4 atom stereocenters. The van der Waals surface area contributed by atoms with Crippen LogP contribution in [0.5, 0.6) is 0 Å². The second-order valence-electron chi connectivity index (χ2n) is 8.81. The van der Waals surface area contributed by atoms with Crippen molar-refractivity contribution in [3.8, 4) is 0 Å². The van der Waals surface area contributed by atoms with E-state index in [1.807, 2.05) is 6.26 Å². The minimum Gasteiger partial charge on any atom is -0.480 e. The number of nitrogens with zero attached hydrogens (tertiary/aromatic N) is 2. The lowest BCUT2D eigenvalue weighted by molar-refractivity contribution is -0.142. The highest BCUT2D eigenvalue weighted by Gasteiger charge is 2.30. The fourth-order valence-electron chi connectivity index (χ4n) is 3.29. The molecule has 0 fully saturated rings. The lowest BCUT2D eigenvalue weighted by atomic mass is 10.1. The summed E-state index contributed by atoms with van der Waals surface area (Å²) < 4.78 is 0. The van der Waals surface area contributed by atoms with E-state index in [0.717, 1.165) is 0 Å². The zero-order valence-electron chi connectivity index (χ0n) is 22.6. The van der Waals surface area contributed by atoms with Crippen LogP contribution in [0.3, 0.4) is 0 Å². The molecule has 0 aromatic heterocycles. The van der Waals surface area contributed by atoms with Gasteiger partial charge in [0.25, 0.3) is 0 Å². The van der Waals surface area contributed by atoms with E-state index >= 15 is 0 Å². The molecule has 0 heterocycles. The van der Waals surface area contributed by atoms with Crippen molar-refractivity contribution in [2.45, 2.75) is 69.1 Å². The number of guanidine groups is 2. The molecule has 4 amide bonds. The van der Waals surface area contributed by atoms with E-state index in [0.29, 0.717) is 5.75 Å². The lowest BCUT2D eigenvalue weighted by Gasteiger charge is -2.25. The Kier molecular flexibility index (Phi) is 18.2. The van der Waals surface area contributed by atoms with Crippen LogP contribution in [0.4, 0.5) is 0 Å². The van der Waals surface area contributed by atoms with Crippen molar-refractivity contribution < 1.29 is 29.1 Å². The topological polar surface area (TPSA) is 323 Å². The van der Waals surface area contributed by atoms with E-state index in [2.05, 4.69) is 25.9 Å². The molecule has 0 aromatic carbocycles. The predicted molar refractivity (Wildman–Crippen MR) is 153 cm³/mol. The van der Waals surface area contributed by atoms with Gasteiger partial charge in [-0.15, -0.1) is 0 Å². The molecule has 16 N–H and O–H groups in total. The molecule has 0 aromatic rings. The highest BCUT2D eigenvalue weighted by molar-refractivity contribution is 7.98. The summed E-state index contributed by atoms with van der Waals surface area (Å²) in [6.07, 6.45) is 2.56. The number of amides is 4. The van der Waals surface area contributed by atoms with Crippen LogP contribution >= 0.6 is 11.8 Å². The summed E-state index contributed by atoms with van der Waals surface area (Å²) >= 11 is 1.43. The van der Waals surface area contributed by atoms with Crippen LogP contribution in [0.25, 0.3) is 0 Å². The number of rotatable bonds is 21. The van der Waals surface area contributed by atoms with Gasteiger partial charge in [0.05, 0.1) is 6.04 Å². The molecule has 0 aliphatic rings. The van der Waals surface area contributed by atoms with Gasteiger partial charge in [0.1, 0.15) is 18.1 Å². The van der Waals surface area contributed by atoms with Gasteiger partial charge in [-0.05, 0) is 50.5 Å². The van der Waals surface area contributed by atoms with Crippen molar-refractivity contribution in [2.24, 2.45) is 44.4 Å². The monoisotopic (exact) mass is 589 g/mol. The lowest BCUT2D eigenvalue weighted by Crippen LogP contribution is -2.57. The standard InChI is InChI=1S/C22H43N11O6S/c1-40-11-8-14(31-17(35)12(23)6-7-16(24)34)19(37)32-13(4-2-9-29-21(25)26)18(36)33-15(20(38)39)5-3-10-30-22(27)28/h12-15H,2-11,23H2,1H3,(H2,24,34)(H,31,35)(H,32,37)(H,33,36)(H,38,39)(H4,25,26,29)(H4,27,28,30). The van der Waals surface area contributed by atoms with Gasteiger partial charge in [-0.3, -0.25) is 29.2 Å². The Morgan fingerprint density at radius 2 is 1.18 bits per heavy atom. The molecule has 4 unspecified atom stereocenters. The third kappa shape index (κ3) is 16.9. The van der Waals surface area contributed by atoms with Gasteiger partial charge in [-0.1, -0.05) is 0 Å². The first kappa shape index (κ1) is 36.2. The Hall–Kier alpha value is -3.80. The number of hydrogen-bond donors (Lipinski definition) is 10. The van der Waals surface area contributed by atoms with Crippen LogP contribution in [-0.4, -0.2) is 95.9 Å². The number of thioether (sulfide) groups is 1. The van der Waals surface area contributed by atoms with E-state index in [1.54, 1.807) is 0 Å². The number of carboxylic acids is 1. The van der Waals surface area contributed by atoms with Gasteiger partial charge in [0.2, 0.25) is 23.6 Å². The summed E-state index contributed by atoms with van der Waals surface area (Å²) in [5.41, 5.74) is 32.1. The second kappa shape index (κ2) is 20.2. The first-order valence-electron chi connectivity index (χ1n) is 12.6. The van der Waals surface area contributed by atoms with Crippen molar-refractivity contribution in [3.05, 3.63) is 0 Å². The molecule has 0 saturated carbocycles. The fourth-order valence-corrected chi connectivity index (χ4v) is 3.76. The molecule has 0 aliphatic heterocycles. The SMILES string of the molecule is CSCCC(NC(=O)C(N)CCC(N)=O)C(=O)NC(CCCN=C(N)N)C(=O)NC(CCCN=C(N)N)C(=O)O. The molecule has 0 radical (unpaired) electrons. The predicted octanol–water partition coefficient (Wildman–Crippen LogP) is -4.02. The Labute approximate surface area is 237 Å². The van der Waals surface area contributed by atoms with Crippen LogP contribution < -0.4 is 50.4 Å². The largest absolute Gasteiger partial charge is 0.480 e. The van der Waals surface area contributed by atoms with Gasteiger partial charge < -0.3 is 55.5 Å². The second-order valence-corrected chi connectivity index (χ2v) is 9.80. The molecule has 0 spiro atoms. The quantitative estimate of drug-likeness (QED) is 0.0347. The normalized spacial score (nSPS) is 13.6. The van der Waals surface area contributed by atoms with E-state index in [-0.39, 0.29) is 70.0 Å². The van der Waals surface area contributed by atoms with Gasteiger partial charge in [0.15, 0.2) is 11.9 Å². The zero-order chi connectivity index (χ0) is 30.7. The van der Waals surface area contributed by atoms with Crippen LogP contribution in [0, 0.1) is 0 Å². The summed E-state index contributed by atoms with van der Waals surface area (Å²) in [7, 11) is 0. The van der Waals surface area contributed by atoms with Crippen LogP contribution in [0.15, 0.2) is 9.98 Å². The van der Waals surface area contributed by atoms with Gasteiger partial charge in [-0.2, -0.15) is 11.8 Å². The Morgan fingerprint density at radius 1 is 0.725 bits per heavy atom. The average molecular weight is 590 g/mol. The van der Waals surface area contributed by atoms with Crippen molar-refractivity contribution >= 4 is 53.3 Å². The molecule has 40 heavy (non-hydrogen) atoms. The highest BCUT2D eigenvalue weighted by Crippen LogP contribution is 2.07. The number of aliphatic imine (C=N–C) groups is 2. The van der Waals surface area contributed by atoms with Crippen molar-refractivity contribution in [1.82, 2.24) is 16.0 Å². The maximum atomic E-state index is 13.2. The summed E-state index contributed by atoms with van der Waals surface area (Å²) in [6.45, 7) is 0.323. The van der Waals surface area contributed by atoms with Crippen molar-refractivity contribution in [3.63, 3.8) is 0 Å². The highest BCUT2D eigenvalue weighted by atomic mass is 32.2. The molecule has 17 nitrogen and oxygen atoms in total. The third-order valence-corrected chi connectivity index (χ3v) is 6.06. The Morgan fingerprint density at radius 3 is 1.62 bits per heavy atom. The first-order valence-corrected chi connectivity index (χ1v) is 13.9. The molecular weight excluding hydrogens is 546 g/mol. The smallest absolute Gasteiger partial charge is 0.326 e. The van der Waals surface area contributed by atoms with Gasteiger partial charge in [0, 0.05) is 19.5 Å². The molecular formula is C22H43N11O6S. The van der Waals surface area contributed by atoms with E-state index < -0.39 is 53.8 Å². The van der Waals surface area contributed by atoms with Gasteiger partial charge in [-0.25, -0.2) is 4.79 Å². The van der Waals surface area contributed by atoms with Crippen LogP contribution in [-0.2, 0) is 24.0 Å². The number of nitrogens with one attached hydrogen (secondary N) is 3. The molecule has 0 saturated heterocycles. The number of hydrogen-bond acceptors (Lipinski definition) is 9. The summed E-state index contributed by atoms with van der Waals surface area (Å²) in [5.74, 6) is -3.79. The summed E-state index contributed by atoms with van der Waals surface area (Å²) in [5, 5.41) is 17.1. The van der Waals surface area contributed by atoms with Crippen LogP contribution in [0.1, 0.15) is 44.9 Å². The van der Waals surface area contributed by atoms with E-state index in [9.17, 15) is 29.1 Å². The minimum absolute atomic E-state index is 0.00633. The number of carboxylic acid groups (broad SMARTS) is 1. The molecule has 18 heteroatoms. The van der Waals surface area contributed by atoms with E-state index in [1.165, 1.54) is 11.8 Å². The molecule has 0 rings (SSSR count). The van der Waals surface area contributed by atoms with E-state index in [4.69, 9.17) is 34.4 Å². The molecule has 0 bridgehead atoms. The maximum absolute atomic E-state index is 13.2. The molecule has 0 aliphatic carbocycles. The number of aliphatic carboxylic acids is 1. The Balaban J connectivity index is 5.61. The Bertz CT molecular complexity index is 910. The molecule has 228 valence electrons. The first-order chi connectivity index (χ1) is 18.8.